The normalized spacial score (nSPS) is 11.9. The van der Waals surface area contributed by atoms with Gasteiger partial charge in [-0.25, -0.2) is 4.98 Å². The third kappa shape index (κ3) is 3.15. The highest BCUT2D eigenvalue weighted by Gasteiger charge is 2.17. The second-order valence-electron chi connectivity index (χ2n) is 5.55. The predicted octanol–water partition coefficient (Wildman–Crippen LogP) is 3.69. The molecule has 2 aromatic carbocycles. The Balaban J connectivity index is 1.83. The quantitative estimate of drug-likeness (QED) is 0.768. The molecule has 0 aliphatic heterocycles. The van der Waals surface area contributed by atoms with E-state index in [1.165, 1.54) is 12.3 Å². The van der Waals surface area contributed by atoms with Crippen LogP contribution in [0.1, 0.15) is 18.4 Å². The number of aromatic hydroxyl groups is 1. The van der Waals surface area contributed by atoms with Gasteiger partial charge >= 0.3 is 0 Å². The van der Waals surface area contributed by atoms with Crippen molar-refractivity contribution in [1.29, 1.82) is 0 Å². The zero-order valence-electron chi connectivity index (χ0n) is 13.5. The number of nitrogens with one attached hydrogen (secondary N) is 1. The summed E-state index contributed by atoms with van der Waals surface area (Å²) in [7, 11) is 1.63. The van der Waals surface area contributed by atoms with Crippen LogP contribution in [0.4, 0.5) is 5.82 Å². The summed E-state index contributed by atoms with van der Waals surface area (Å²) in [5, 5.41) is 14.5. The van der Waals surface area contributed by atoms with Gasteiger partial charge in [0.05, 0.1) is 13.0 Å². The maximum absolute atomic E-state index is 12.4. The smallest absolute Gasteiger partial charge is 0.232 e. The molecule has 1 heterocycles. The molecule has 1 amide bonds. The van der Waals surface area contributed by atoms with Crippen molar-refractivity contribution >= 4 is 22.5 Å². The van der Waals surface area contributed by atoms with Gasteiger partial charge in [-0.3, -0.25) is 4.79 Å². The standard InChI is InChI=1S/C19H18N2O3/c1-12(19(23)21-18-17(22)4-3-9-20-18)13-5-6-15-11-16(24-2)8-7-14(15)10-13/h3-12,22H,1-2H3,(H,20,21,23)/t12-/m0/s1. The van der Waals surface area contributed by atoms with Crippen molar-refractivity contribution in [3.63, 3.8) is 0 Å². The highest BCUT2D eigenvalue weighted by Crippen LogP contribution is 2.26. The number of pyridine rings is 1. The Morgan fingerprint density at radius 3 is 2.67 bits per heavy atom. The van der Waals surface area contributed by atoms with Crippen LogP contribution in [0, 0.1) is 0 Å². The summed E-state index contributed by atoms with van der Waals surface area (Å²) < 4.78 is 5.22. The maximum Gasteiger partial charge on any atom is 0.232 e. The van der Waals surface area contributed by atoms with Crippen LogP contribution in [0.25, 0.3) is 10.8 Å². The molecule has 0 unspecified atom stereocenters. The van der Waals surface area contributed by atoms with Crippen LogP contribution in [0.5, 0.6) is 11.5 Å². The van der Waals surface area contributed by atoms with Crippen molar-refractivity contribution < 1.29 is 14.6 Å². The van der Waals surface area contributed by atoms with E-state index in [1.807, 2.05) is 43.3 Å². The molecule has 5 heteroatoms. The average Bonchev–Trinajstić information content (AvgIpc) is 2.62. The Bertz CT molecular complexity index is 893. The highest BCUT2D eigenvalue weighted by molar-refractivity contribution is 5.96. The highest BCUT2D eigenvalue weighted by atomic mass is 16.5. The Morgan fingerprint density at radius 1 is 1.17 bits per heavy atom. The monoisotopic (exact) mass is 322 g/mol. The van der Waals surface area contributed by atoms with Crippen LogP contribution in [0.2, 0.25) is 0 Å². The molecule has 5 nitrogen and oxygen atoms in total. The van der Waals surface area contributed by atoms with Gasteiger partial charge in [0.2, 0.25) is 5.91 Å². The average molecular weight is 322 g/mol. The number of anilines is 1. The molecule has 24 heavy (non-hydrogen) atoms. The molecule has 2 N–H and O–H groups in total. The van der Waals surface area contributed by atoms with E-state index in [9.17, 15) is 9.90 Å². The van der Waals surface area contributed by atoms with Gasteiger partial charge in [0.25, 0.3) is 0 Å². The van der Waals surface area contributed by atoms with Crippen molar-refractivity contribution in [2.45, 2.75) is 12.8 Å². The van der Waals surface area contributed by atoms with Crippen molar-refractivity contribution in [3.05, 3.63) is 60.3 Å². The summed E-state index contributed by atoms with van der Waals surface area (Å²) in [6.45, 7) is 1.82. The number of carbonyl (C=O) groups excluding carboxylic acids is 1. The third-order valence-corrected chi connectivity index (χ3v) is 3.99. The molecule has 0 aliphatic carbocycles. The number of hydrogen-bond acceptors (Lipinski definition) is 4. The molecule has 0 spiro atoms. The fourth-order valence-corrected chi connectivity index (χ4v) is 2.51. The summed E-state index contributed by atoms with van der Waals surface area (Å²) in [5.41, 5.74) is 0.889. The maximum atomic E-state index is 12.4. The summed E-state index contributed by atoms with van der Waals surface area (Å²) in [6.07, 6.45) is 1.52. The third-order valence-electron chi connectivity index (χ3n) is 3.99. The lowest BCUT2D eigenvalue weighted by Crippen LogP contribution is -2.19. The van der Waals surface area contributed by atoms with E-state index >= 15 is 0 Å². The Labute approximate surface area is 139 Å². The molecule has 0 fully saturated rings. The van der Waals surface area contributed by atoms with Gasteiger partial charge in [-0.2, -0.15) is 0 Å². The number of rotatable bonds is 4. The minimum atomic E-state index is -0.377. The van der Waals surface area contributed by atoms with E-state index in [-0.39, 0.29) is 23.4 Å². The van der Waals surface area contributed by atoms with Crippen molar-refractivity contribution in [2.75, 3.05) is 12.4 Å². The first-order valence-electron chi connectivity index (χ1n) is 7.61. The van der Waals surface area contributed by atoms with Crippen molar-refractivity contribution in [3.8, 4) is 11.5 Å². The van der Waals surface area contributed by atoms with Crippen LogP contribution in [-0.2, 0) is 4.79 Å². The fraction of sp³-hybridized carbons (Fsp3) is 0.158. The van der Waals surface area contributed by atoms with E-state index in [0.717, 1.165) is 22.1 Å². The van der Waals surface area contributed by atoms with Gasteiger partial charge in [-0.1, -0.05) is 24.3 Å². The van der Waals surface area contributed by atoms with Crippen LogP contribution < -0.4 is 10.1 Å². The number of methoxy groups -OCH3 is 1. The number of ether oxygens (including phenoxy) is 1. The van der Waals surface area contributed by atoms with Gasteiger partial charge < -0.3 is 15.2 Å². The zero-order chi connectivity index (χ0) is 17.1. The molecule has 0 saturated carbocycles. The number of hydrogen-bond donors (Lipinski definition) is 2. The van der Waals surface area contributed by atoms with Crippen LogP contribution in [-0.4, -0.2) is 23.1 Å². The van der Waals surface area contributed by atoms with Gasteiger partial charge in [0, 0.05) is 6.20 Å². The zero-order valence-corrected chi connectivity index (χ0v) is 13.5. The van der Waals surface area contributed by atoms with Crippen LogP contribution in [0.15, 0.2) is 54.7 Å². The Morgan fingerprint density at radius 2 is 1.92 bits per heavy atom. The number of amides is 1. The molecule has 3 rings (SSSR count). The van der Waals surface area contributed by atoms with Gasteiger partial charge in [-0.05, 0) is 47.5 Å². The molecular formula is C19H18N2O3. The van der Waals surface area contributed by atoms with Gasteiger partial charge in [-0.15, -0.1) is 0 Å². The predicted molar refractivity (Wildman–Crippen MR) is 93.4 cm³/mol. The summed E-state index contributed by atoms with van der Waals surface area (Å²) in [4.78, 5) is 16.4. The van der Waals surface area contributed by atoms with Crippen LogP contribution >= 0.6 is 0 Å². The molecule has 1 aromatic heterocycles. The van der Waals surface area contributed by atoms with Crippen LogP contribution in [0.3, 0.4) is 0 Å². The first-order chi connectivity index (χ1) is 11.6. The fourth-order valence-electron chi connectivity index (χ4n) is 2.51. The molecule has 1 atom stereocenters. The number of fused-ring (bicyclic) bond motifs is 1. The summed E-state index contributed by atoms with van der Waals surface area (Å²) in [6, 6.07) is 14.8. The molecule has 3 aromatic rings. The minimum Gasteiger partial charge on any atom is -0.504 e. The van der Waals surface area contributed by atoms with E-state index in [2.05, 4.69) is 10.3 Å². The van der Waals surface area contributed by atoms with E-state index in [0.29, 0.717) is 0 Å². The SMILES string of the molecule is COc1ccc2cc([C@H](C)C(=O)Nc3ncccc3O)ccc2c1. The molecule has 0 bridgehead atoms. The first kappa shape index (κ1) is 15.8. The molecule has 0 radical (unpaired) electrons. The molecule has 0 aliphatic rings. The largest absolute Gasteiger partial charge is 0.504 e. The summed E-state index contributed by atoms with van der Waals surface area (Å²) >= 11 is 0. The second kappa shape index (κ2) is 6.58. The number of benzene rings is 2. The second-order valence-corrected chi connectivity index (χ2v) is 5.55. The van der Waals surface area contributed by atoms with Gasteiger partial charge in [0.15, 0.2) is 11.6 Å². The molecule has 0 saturated heterocycles. The van der Waals surface area contributed by atoms with Crippen molar-refractivity contribution in [1.82, 2.24) is 4.98 Å². The lowest BCUT2D eigenvalue weighted by atomic mass is 9.97. The number of aromatic nitrogens is 1. The van der Waals surface area contributed by atoms with E-state index in [1.54, 1.807) is 13.2 Å². The number of carbonyl (C=O) groups is 1. The lowest BCUT2D eigenvalue weighted by molar-refractivity contribution is -0.117. The molecular weight excluding hydrogens is 304 g/mol. The first-order valence-corrected chi connectivity index (χ1v) is 7.61. The molecule has 122 valence electrons. The minimum absolute atomic E-state index is 0.0522. The van der Waals surface area contributed by atoms with E-state index < -0.39 is 0 Å². The summed E-state index contributed by atoms with van der Waals surface area (Å²) in [5.74, 6) is 0.310. The van der Waals surface area contributed by atoms with Crippen molar-refractivity contribution in [2.24, 2.45) is 0 Å². The Hall–Kier alpha value is -3.08. The van der Waals surface area contributed by atoms with Gasteiger partial charge in [0.1, 0.15) is 5.75 Å². The number of nitrogens with zero attached hydrogens (tertiary/aromatic N) is 1. The van der Waals surface area contributed by atoms with E-state index in [4.69, 9.17) is 4.74 Å². The Kier molecular flexibility index (Phi) is 4.33. The topological polar surface area (TPSA) is 71.5 Å². The lowest BCUT2D eigenvalue weighted by Gasteiger charge is -2.14.